The van der Waals surface area contributed by atoms with Gasteiger partial charge in [-0.3, -0.25) is 4.79 Å². The number of aromatic nitrogens is 1. The van der Waals surface area contributed by atoms with Crippen molar-refractivity contribution in [3.05, 3.63) is 83.0 Å². The van der Waals surface area contributed by atoms with Crippen LogP contribution in [0.3, 0.4) is 0 Å². The average Bonchev–Trinajstić information content (AvgIpc) is 3.42. The number of carbonyl (C=O) groups excluding carboxylic acids is 1. The van der Waals surface area contributed by atoms with Gasteiger partial charge in [-0.25, -0.2) is 0 Å². The second kappa shape index (κ2) is 14.4. The molecule has 212 valence electrons. The van der Waals surface area contributed by atoms with Crippen LogP contribution in [0.1, 0.15) is 50.6 Å². The van der Waals surface area contributed by atoms with Gasteiger partial charge in [-0.1, -0.05) is 62.5 Å². The Morgan fingerprint density at radius 1 is 1.10 bits per heavy atom. The van der Waals surface area contributed by atoms with Crippen LogP contribution in [0.4, 0.5) is 5.69 Å². The van der Waals surface area contributed by atoms with Crippen LogP contribution in [0.15, 0.2) is 77.4 Å². The molecule has 3 aromatic rings. The molecule has 4 nitrogen and oxygen atoms in total. The Morgan fingerprint density at radius 2 is 1.93 bits per heavy atom. The highest BCUT2D eigenvalue weighted by Gasteiger charge is 2.39. The molecule has 0 spiro atoms. The van der Waals surface area contributed by atoms with Crippen molar-refractivity contribution in [2.75, 3.05) is 36.3 Å². The van der Waals surface area contributed by atoms with Crippen molar-refractivity contribution in [1.82, 2.24) is 5.32 Å². The van der Waals surface area contributed by atoms with E-state index >= 15 is 0 Å². The number of fused-ring (bicyclic) bond motifs is 2. The maximum atomic E-state index is 11.7. The van der Waals surface area contributed by atoms with Crippen molar-refractivity contribution in [3.8, 4) is 0 Å². The maximum absolute atomic E-state index is 11.7. The lowest BCUT2D eigenvalue weighted by Gasteiger charge is -2.27. The molecular weight excluding hydrogens is 551 g/mol. The Labute approximate surface area is 252 Å². The number of nitrogens with zero attached hydrogens (tertiary/aromatic N) is 2. The number of nitrogens with one attached hydrogen (secondary N) is 1. The summed E-state index contributed by atoms with van der Waals surface area (Å²) in [5.74, 6) is 1.28. The smallest absolute Gasteiger partial charge is 0.262 e. The van der Waals surface area contributed by atoms with E-state index in [2.05, 4.69) is 114 Å². The minimum Gasteiger partial charge on any atom is -0.356 e. The summed E-state index contributed by atoms with van der Waals surface area (Å²) in [7, 11) is 0. The number of benzene rings is 2. The highest BCUT2D eigenvalue weighted by molar-refractivity contribution is 7.98. The third-order valence-corrected chi connectivity index (χ3v) is 9.94. The number of rotatable bonds is 13. The van der Waals surface area contributed by atoms with Gasteiger partial charge in [-0.05, 0) is 60.6 Å². The number of hydrogen-bond donors (Lipinski definition) is 1. The third kappa shape index (κ3) is 7.04. The number of amides is 1. The number of thiazole rings is 1. The number of para-hydroxylation sites is 1. The zero-order valence-electron chi connectivity index (χ0n) is 24.4. The first-order chi connectivity index (χ1) is 19.4. The van der Waals surface area contributed by atoms with E-state index in [9.17, 15) is 4.79 Å². The first kappa shape index (κ1) is 30.5. The van der Waals surface area contributed by atoms with Crippen LogP contribution in [0.5, 0.6) is 0 Å². The maximum Gasteiger partial charge on any atom is 0.262 e. The first-order valence-electron chi connectivity index (χ1n) is 14.1. The van der Waals surface area contributed by atoms with Crippen LogP contribution in [0, 0.1) is 0 Å². The van der Waals surface area contributed by atoms with Gasteiger partial charge in [0.1, 0.15) is 4.70 Å². The molecule has 1 aliphatic rings. The average molecular weight is 593 g/mol. The van der Waals surface area contributed by atoms with E-state index in [4.69, 9.17) is 0 Å². The molecule has 4 rings (SSSR count). The van der Waals surface area contributed by atoms with E-state index in [0.29, 0.717) is 13.0 Å². The van der Waals surface area contributed by atoms with Crippen molar-refractivity contribution in [1.29, 1.82) is 0 Å². The molecule has 2 heterocycles. The second-order valence-corrected chi connectivity index (χ2v) is 13.3. The summed E-state index contributed by atoms with van der Waals surface area (Å²) in [4.78, 5) is 15.5. The molecule has 0 bridgehead atoms. The van der Waals surface area contributed by atoms with Crippen molar-refractivity contribution in [2.45, 2.75) is 56.9 Å². The third-order valence-electron chi connectivity index (χ3n) is 7.38. The summed E-state index contributed by atoms with van der Waals surface area (Å²) in [6.07, 6.45) is 17.9. The summed E-state index contributed by atoms with van der Waals surface area (Å²) in [5, 5.41) is 4.31. The SMILES string of the molecule is CCC(=O)NCCCN1\C(=C/C=C/C=C/c2sc3ccccc3[n+]2CCCSC)C(C)(C)c2cc(SC)ccc21. The zero-order chi connectivity index (χ0) is 28.5. The van der Waals surface area contributed by atoms with Crippen molar-refractivity contribution in [2.24, 2.45) is 0 Å². The van der Waals surface area contributed by atoms with Crippen LogP contribution in [-0.2, 0) is 16.8 Å². The largest absolute Gasteiger partial charge is 0.356 e. The fourth-order valence-electron chi connectivity index (χ4n) is 5.24. The van der Waals surface area contributed by atoms with Gasteiger partial charge in [0.2, 0.25) is 11.4 Å². The van der Waals surface area contributed by atoms with Gasteiger partial charge < -0.3 is 10.2 Å². The first-order valence-corrected chi connectivity index (χ1v) is 17.5. The van der Waals surface area contributed by atoms with E-state index in [1.54, 1.807) is 11.8 Å². The van der Waals surface area contributed by atoms with Gasteiger partial charge in [0.25, 0.3) is 5.01 Å². The predicted molar refractivity (Wildman–Crippen MR) is 178 cm³/mol. The topological polar surface area (TPSA) is 36.2 Å². The Hall–Kier alpha value is -2.48. The Kier molecular flexibility index (Phi) is 11.0. The molecule has 0 unspecified atom stereocenters. The fourth-order valence-corrected chi connectivity index (χ4v) is 7.19. The van der Waals surface area contributed by atoms with Gasteiger partial charge >= 0.3 is 0 Å². The molecule has 2 aromatic carbocycles. The summed E-state index contributed by atoms with van der Waals surface area (Å²) in [6.45, 7) is 9.13. The van der Waals surface area contributed by atoms with Gasteiger partial charge in [0.15, 0.2) is 6.54 Å². The van der Waals surface area contributed by atoms with Crippen LogP contribution >= 0.6 is 34.9 Å². The van der Waals surface area contributed by atoms with E-state index in [1.165, 1.54) is 49.2 Å². The standard InChI is InChI=1S/C33H41N3OS3/c1-6-31(37)34-20-12-21-35-27-19-18-25(39-5)24-26(27)33(2,3)30(35)16-8-7-9-17-32-36(22-13-23-38-4)28-14-10-11-15-29(28)40-32/h7-11,14-19,24H,6,12-13,20-23H2,1-5H3/p+1. The van der Waals surface area contributed by atoms with E-state index in [1.807, 2.05) is 30.0 Å². The molecule has 0 fully saturated rings. The molecule has 0 saturated carbocycles. The Morgan fingerprint density at radius 3 is 2.70 bits per heavy atom. The lowest BCUT2D eigenvalue weighted by Crippen LogP contribution is -2.35. The van der Waals surface area contributed by atoms with Gasteiger partial charge in [0.05, 0.1) is 0 Å². The lowest BCUT2D eigenvalue weighted by atomic mass is 9.83. The van der Waals surface area contributed by atoms with Gasteiger partial charge in [0, 0.05) is 59.8 Å². The van der Waals surface area contributed by atoms with Gasteiger partial charge in [-0.2, -0.15) is 16.3 Å². The van der Waals surface area contributed by atoms with Crippen LogP contribution in [0.2, 0.25) is 0 Å². The second-order valence-electron chi connectivity index (χ2n) is 10.4. The van der Waals surface area contributed by atoms with Crippen molar-refractivity contribution in [3.63, 3.8) is 0 Å². The van der Waals surface area contributed by atoms with Crippen LogP contribution < -0.4 is 14.8 Å². The number of aryl methyl sites for hydroxylation is 1. The van der Waals surface area contributed by atoms with Crippen molar-refractivity contribution < 1.29 is 9.36 Å². The molecule has 0 aliphatic carbocycles. The molecule has 1 aromatic heterocycles. The summed E-state index contributed by atoms with van der Waals surface area (Å²) >= 11 is 5.55. The van der Waals surface area contributed by atoms with E-state index in [-0.39, 0.29) is 11.3 Å². The Balaban J connectivity index is 1.56. The number of hydrogen-bond acceptors (Lipinski definition) is 5. The summed E-state index contributed by atoms with van der Waals surface area (Å²) in [6, 6.07) is 15.5. The fraction of sp³-hybridized carbons (Fsp3) is 0.394. The minimum absolute atomic E-state index is 0.104. The molecule has 0 saturated heterocycles. The molecule has 0 radical (unpaired) electrons. The van der Waals surface area contributed by atoms with Crippen LogP contribution in [0.25, 0.3) is 16.3 Å². The van der Waals surface area contributed by atoms with Crippen molar-refractivity contribution >= 4 is 62.7 Å². The normalized spacial score (nSPS) is 15.6. The quantitative estimate of drug-likeness (QED) is 0.0950. The monoisotopic (exact) mass is 592 g/mol. The summed E-state index contributed by atoms with van der Waals surface area (Å²) in [5.41, 5.74) is 5.15. The predicted octanol–water partition coefficient (Wildman–Crippen LogP) is 7.83. The zero-order valence-corrected chi connectivity index (χ0v) is 26.9. The lowest BCUT2D eigenvalue weighted by molar-refractivity contribution is -0.668. The molecule has 1 N–H and O–H groups in total. The molecule has 7 heteroatoms. The summed E-state index contributed by atoms with van der Waals surface area (Å²) < 4.78 is 3.79. The van der Waals surface area contributed by atoms with Gasteiger partial charge in [-0.15, -0.1) is 11.8 Å². The molecule has 1 amide bonds. The minimum atomic E-state index is -0.104. The van der Waals surface area contributed by atoms with Crippen LogP contribution in [-0.4, -0.2) is 37.3 Å². The van der Waals surface area contributed by atoms with E-state index in [0.717, 1.165) is 19.5 Å². The number of anilines is 1. The molecular formula is C33H42N3OS3+. The highest BCUT2D eigenvalue weighted by Crippen LogP contribution is 2.48. The number of carbonyl (C=O) groups is 1. The molecule has 0 atom stereocenters. The highest BCUT2D eigenvalue weighted by atomic mass is 32.2. The number of thioether (sulfide) groups is 2. The number of allylic oxidation sites excluding steroid dienone is 5. The molecule has 40 heavy (non-hydrogen) atoms. The van der Waals surface area contributed by atoms with E-state index < -0.39 is 0 Å². The Bertz CT molecular complexity index is 1400. The molecule has 1 aliphatic heterocycles.